The number of H-pyrrole nitrogens is 1. The van der Waals surface area contributed by atoms with E-state index in [0.29, 0.717) is 22.2 Å². The first-order chi connectivity index (χ1) is 13.5. The Morgan fingerprint density at radius 3 is 2.68 bits per heavy atom. The summed E-state index contributed by atoms with van der Waals surface area (Å²) in [6, 6.07) is 6.12. The molecule has 28 heavy (non-hydrogen) atoms. The number of rotatable bonds is 6. The van der Waals surface area contributed by atoms with Gasteiger partial charge in [-0.05, 0) is 63.4 Å². The third-order valence-electron chi connectivity index (χ3n) is 5.22. The Hall–Kier alpha value is -2.38. The second-order valence-corrected chi connectivity index (χ2v) is 7.53. The van der Waals surface area contributed by atoms with E-state index in [2.05, 4.69) is 10.3 Å². The first-order valence-electron chi connectivity index (χ1n) is 9.55. The number of likely N-dealkylation sites (tertiary alicyclic amines) is 1. The minimum Gasteiger partial charge on any atom is -0.339 e. The van der Waals surface area contributed by atoms with Crippen molar-refractivity contribution in [1.29, 1.82) is 0 Å². The Morgan fingerprint density at radius 2 is 2.00 bits per heavy atom. The second kappa shape index (κ2) is 9.21. The van der Waals surface area contributed by atoms with E-state index >= 15 is 0 Å². The average molecular weight is 405 g/mol. The molecule has 0 unspecified atom stereocenters. The van der Waals surface area contributed by atoms with Crippen LogP contribution in [-0.4, -0.2) is 47.0 Å². The van der Waals surface area contributed by atoms with Crippen LogP contribution in [0.5, 0.6) is 0 Å². The van der Waals surface area contributed by atoms with E-state index in [-0.39, 0.29) is 5.91 Å². The van der Waals surface area contributed by atoms with Gasteiger partial charge in [0.05, 0.1) is 10.7 Å². The molecular formula is C20H25ClN4O3. The summed E-state index contributed by atoms with van der Waals surface area (Å²) in [4.78, 5) is 40.3. The monoisotopic (exact) mass is 404 g/mol. The Bertz CT molecular complexity index is 945. The third kappa shape index (κ3) is 4.72. The number of benzene rings is 1. The smallest absolute Gasteiger partial charge is 0.332 e. The van der Waals surface area contributed by atoms with Crippen LogP contribution in [-0.2, 0) is 0 Å². The Morgan fingerprint density at radius 1 is 1.25 bits per heavy atom. The number of amides is 1. The predicted octanol–water partition coefficient (Wildman–Crippen LogP) is 2.03. The molecule has 1 aromatic carbocycles. The topological polar surface area (TPSA) is 87.2 Å². The molecule has 1 aliphatic rings. The lowest BCUT2D eigenvalue weighted by atomic mass is 9.92. The summed E-state index contributed by atoms with van der Waals surface area (Å²) in [5.74, 6) is 0.599. The molecule has 2 aromatic rings. The van der Waals surface area contributed by atoms with Gasteiger partial charge in [0, 0.05) is 30.9 Å². The summed E-state index contributed by atoms with van der Waals surface area (Å²) in [5.41, 5.74) is -0.231. The average Bonchev–Trinajstić information content (AvgIpc) is 2.69. The Balaban J connectivity index is 1.73. The van der Waals surface area contributed by atoms with Crippen LogP contribution in [0.1, 0.15) is 36.0 Å². The maximum Gasteiger partial charge on any atom is 0.332 e. The number of nitrogens with one attached hydrogen (secondary N) is 2. The van der Waals surface area contributed by atoms with Crippen molar-refractivity contribution < 1.29 is 4.79 Å². The number of carbonyl (C=O) groups is 1. The van der Waals surface area contributed by atoms with Crippen LogP contribution in [0, 0.1) is 5.92 Å². The van der Waals surface area contributed by atoms with Crippen molar-refractivity contribution in [2.45, 2.75) is 25.7 Å². The fourth-order valence-electron chi connectivity index (χ4n) is 3.61. The van der Waals surface area contributed by atoms with Crippen molar-refractivity contribution in [2.24, 2.45) is 5.92 Å². The van der Waals surface area contributed by atoms with E-state index in [4.69, 9.17) is 11.6 Å². The maximum atomic E-state index is 12.9. The number of hydrogen-bond donors (Lipinski definition) is 2. The van der Waals surface area contributed by atoms with Crippen LogP contribution < -0.4 is 16.6 Å². The largest absolute Gasteiger partial charge is 0.339 e. The zero-order valence-electron chi connectivity index (χ0n) is 15.9. The first kappa shape index (κ1) is 20.4. The van der Waals surface area contributed by atoms with Crippen LogP contribution in [0.4, 0.5) is 0 Å². The van der Waals surface area contributed by atoms with Gasteiger partial charge in [-0.25, -0.2) is 4.79 Å². The van der Waals surface area contributed by atoms with Crippen LogP contribution in [0.25, 0.3) is 5.69 Å². The third-order valence-corrected chi connectivity index (χ3v) is 5.54. The van der Waals surface area contributed by atoms with Crippen molar-refractivity contribution in [3.63, 3.8) is 0 Å². The standard InChI is InChI=1S/C20H25ClN4O3/c1-22-9-2-3-14-6-10-24(11-7-14)19(27)15-4-5-16(21)17(13-15)25-12-8-18(26)23-20(25)28/h4-5,8,12-14,22H,2-3,6-7,9-11H2,1H3,(H,23,26,28). The number of carbonyl (C=O) groups excluding carboxylic acids is 1. The molecule has 0 atom stereocenters. The summed E-state index contributed by atoms with van der Waals surface area (Å²) in [6.07, 6.45) is 5.71. The minimum atomic E-state index is -0.596. The van der Waals surface area contributed by atoms with Gasteiger partial charge in [0.2, 0.25) is 0 Å². The highest BCUT2D eigenvalue weighted by Crippen LogP contribution is 2.25. The number of halogens is 1. The van der Waals surface area contributed by atoms with Crippen molar-refractivity contribution >= 4 is 17.5 Å². The Kier molecular flexibility index (Phi) is 6.70. The van der Waals surface area contributed by atoms with E-state index in [0.717, 1.165) is 38.9 Å². The predicted molar refractivity (Wildman–Crippen MR) is 109 cm³/mol. The molecule has 0 radical (unpaired) electrons. The van der Waals surface area contributed by atoms with Gasteiger partial charge in [-0.1, -0.05) is 11.6 Å². The molecule has 8 heteroatoms. The lowest BCUT2D eigenvalue weighted by Crippen LogP contribution is -2.38. The highest BCUT2D eigenvalue weighted by Gasteiger charge is 2.24. The van der Waals surface area contributed by atoms with Gasteiger partial charge in [0.1, 0.15) is 0 Å². The van der Waals surface area contributed by atoms with Crippen LogP contribution >= 0.6 is 11.6 Å². The van der Waals surface area contributed by atoms with Crippen molar-refractivity contribution in [1.82, 2.24) is 19.8 Å². The number of piperidine rings is 1. The highest BCUT2D eigenvalue weighted by molar-refractivity contribution is 6.32. The normalized spacial score (nSPS) is 15.0. The van der Waals surface area contributed by atoms with Crippen LogP contribution in [0.3, 0.4) is 0 Å². The number of nitrogens with zero attached hydrogens (tertiary/aromatic N) is 2. The van der Waals surface area contributed by atoms with Gasteiger partial charge in [-0.2, -0.15) is 0 Å². The molecule has 1 saturated heterocycles. The molecule has 1 fully saturated rings. The maximum absolute atomic E-state index is 12.9. The SMILES string of the molecule is CNCCCC1CCN(C(=O)c2ccc(Cl)c(-n3ccc(=O)[nH]c3=O)c2)CC1. The van der Waals surface area contributed by atoms with Gasteiger partial charge in [-0.15, -0.1) is 0 Å². The molecule has 1 amide bonds. The fourth-order valence-corrected chi connectivity index (χ4v) is 3.82. The molecule has 2 heterocycles. The second-order valence-electron chi connectivity index (χ2n) is 7.13. The zero-order chi connectivity index (χ0) is 20.1. The number of hydrogen-bond acceptors (Lipinski definition) is 4. The molecular weight excluding hydrogens is 380 g/mol. The highest BCUT2D eigenvalue weighted by atomic mass is 35.5. The lowest BCUT2D eigenvalue weighted by Gasteiger charge is -2.32. The first-order valence-corrected chi connectivity index (χ1v) is 9.93. The van der Waals surface area contributed by atoms with E-state index in [9.17, 15) is 14.4 Å². The number of aromatic nitrogens is 2. The van der Waals surface area contributed by atoms with Gasteiger partial charge in [-0.3, -0.25) is 19.1 Å². The fraction of sp³-hybridized carbons (Fsp3) is 0.450. The molecule has 0 saturated carbocycles. The molecule has 7 nitrogen and oxygen atoms in total. The summed E-state index contributed by atoms with van der Waals surface area (Å²) in [6.45, 7) is 2.50. The molecule has 1 aliphatic heterocycles. The van der Waals surface area contributed by atoms with Gasteiger partial charge in [0.15, 0.2) is 0 Å². The van der Waals surface area contributed by atoms with E-state index in [1.54, 1.807) is 18.2 Å². The van der Waals surface area contributed by atoms with Crippen LogP contribution in [0.15, 0.2) is 40.1 Å². The summed E-state index contributed by atoms with van der Waals surface area (Å²) >= 11 is 6.23. The lowest BCUT2D eigenvalue weighted by molar-refractivity contribution is 0.0686. The van der Waals surface area contributed by atoms with E-state index in [1.807, 2.05) is 11.9 Å². The van der Waals surface area contributed by atoms with Crippen molar-refractivity contribution in [2.75, 3.05) is 26.7 Å². The van der Waals surface area contributed by atoms with Gasteiger partial charge >= 0.3 is 5.69 Å². The number of aromatic amines is 1. The molecule has 150 valence electrons. The van der Waals surface area contributed by atoms with E-state index < -0.39 is 11.2 Å². The molecule has 0 aliphatic carbocycles. The molecule has 0 spiro atoms. The molecule has 3 rings (SSSR count). The summed E-state index contributed by atoms with van der Waals surface area (Å²) < 4.78 is 1.23. The molecule has 2 N–H and O–H groups in total. The molecule has 1 aromatic heterocycles. The Labute approximate surface area is 168 Å². The quantitative estimate of drug-likeness (QED) is 0.721. The summed E-state index contributed by atoms with van der Waals surface area (Å²) in [5, 5.41) is 3.49. The van der Waals surface area contributed by atoms with Crippen molar-refractivity contribution in [3.8, 4) is 5.69 Å². The van der Waals surface area contributed by atoms with Crippen LogP contribution in [0.2, 0.25) is 5.02 Å². The minimum absolute atomic E-state index is 0.0657. The summed E-state index contributed by atoms with van der Waals surface area (Å²) in [7, 11) is 1.96. The van der Waals surface area contributed by atoms with Gasteiger partial charge < -0.3 is 10.2 Å². The molecule has 0 bridgehead atoms. The van der Waals surface area contributed by atoms with Gasteiger partial charge in [0.25, 0.3) is 11.5 Å². The van der Waals surface area contributed by atoms with Crippen molar-refractivity contribution in [3.05, 3.63) is 61.9 Å². The zero-order valence-corrected chi connectivity index (χ0v) is 16.7. The van der Waals surface area contributed by atoms with E-state index in [1.165, 1.54) is 23.3 Å².